The van der Waals surface area contributed by atoms with Crippen LogP contribution in [0.15, 0.2) is 78.0 Å². The Bertz CT molecular complexity index is 985. The van der Waals surface area contributed by atoms with Crippen LogP contribution in [0.3, 0.4) is 0 Å². The van der Waals surface area contributed by atoms with E-state index in [0.717, 1.165) is 28.2 Å². The quantitative estimate of drug-likeness (QED) is 0.432. The minimum atomic E-state index is 0.277. The van der Waals surface area contributed by atoms with Crippen LogP contribution in [-0.2, 0) is 11.4 Å². The van der Waals surface area contributed by atoms with E-state index in [1.807, 2.05) is 79.7 Å². The molecule has 3 aromatic rings. The van der Waals surface area contributed by atoms with E-state index >= 15 is 0 Å². The second-order valence-electron chi connectivity index (χ2n) is 6.71. The van der Waals surface area contributed by atoms with E-state index in [9.17, 15) is 0 Å². The number of nitrogens with zero attached hydrogens (tertiary/aromatic N) is 1. The van der Waals surface area contributed by atoms with Gasteiger partial charge < -0.3 is 19.0 Å². The summed E-state index contributed by atoms with van der Waals surface area (Å²) in [6, 6.07) is 23.6. The Hall–Kier alpha value is -3.47. The van der Waals surface area contributed by atoms with Crippen LogP contribution in [0.2, 0.25) is 0 Å². The first-order valence-electron chi connectivity index (χ1n) is 9.61. The zero-order valence-electron chi connectivity index (χ0n) is 16.3. The molecule has 4 rings (SSSR count). The van der Waals surface area contributed by atoms with Gasteiger partial charge in [0.15, 0.2) is 11.5 Å². The van der Waals surface area contributed by atoms with Crippen molar-refractivity contribution in [1.82, 2.24) is 0 Å². The minimum absolute atomic E-state index is 0.277. The zero-order valence-corrected chi connectivity index (χ0v) is 16.3. The van der Waals surface area contributed by atoms with Crippen LogP contribution in [0.5, 0.6) is 17.2 Å². The maximum Gasteiger partial charge on any atom is 0.162 e. The Labute approximate surface area is 170 Å². The molecule has 3 aromatic carbocycles. The Morgan fingerprint density at radius 1 is 0.897 bits per heavy atom. The standard InChI is InChI=1S/C24H23NO4/c1-18-7-5-6-10-22(18)28-17-21(25-29-16-19-8-3-2-4-9-19)20-11-12-23-24(15-20)27-14-13-26-23/h2-12,15H,13-14,16-17H2,1H3/b25-21+. The first-order chi connectivity index (χ1) is 14.3. The van der Waals surface area contributed by atoms with Crippen molar-refractivity contribution in [3.8, 4) is 17.2 Å². The van der Waals surface area contributed by atoms with Crippen molar-refractivity contribution in [3.63, 3.8) is 0 Å². The normalized spacial score (nSPS) is 13.1. The minimum Gasteiger partial charge on any atom is -0.487 e. The molecule has 0 atom stereocenters. The molecule has 0 amide bonds. The third kappa shape index (κ3) is 4.88. The lowest BCUT2D eigenvalue weighted by molar-refractivity contribution is 0.129. The Morgan fingerprint density at radius 3 is 2.48 bits per heavy atom. The summed E-state index contributed by atoms with van der Waals surface area (Å²) in [6.07, 6.45) is 0. The summed E-state index contributed by atoms with van der Waals surface area (Å²) in [5.74, 6) is 2.27. The summed E-state index contributed by atoms with van der Waals surface area (Å²) in [5.41, 5.74) is 3.67. The highest BCUT2D eigenvalue weighted by atomic mass is 16.6. The second kappa shape index (κ2) is 9.15. The largest absolute Gasteiger partial charge is 0.487 e. The van der Waals surface area contributed by atoms with Gasteiger partial charge in [-0.2, -0.15) is 0 Å². The molecule has 0 aromatic heterocycles. The Kier molecular flexibility index (Phi) is 5.95. The summed E-state index contributed by atoms with van der Waals surface area (Å²) in [5, 5.41) is 4.38. The first kappa shape index (κ1) is 18.9. The number of hydrogen-bond acceptors (Lipinski definition) is 5. The number of ether oxygens (including phenoxy) is 3. The molecule has 5 heteroatoms. The fourth-order valence-electron chi connectivity index (χ4n) is 3.01. The number of para-hydroxylation sites is 1. The molecule has 0 fully saturated rings. The molecule has 29 heavy (non-hydrogen) atoms. The molecule has 148 valence electrons. The molecule has 0 aliphatic carbocycles. The molecule has 1 heterocycles. The molecule has 0 spiro atoms. The number of oxime groups is 1. The van der Waals surface area contributed by atoms with Gasteiger partial charge in [0.2, 0.25) is 0 Å². The third-order valence-corrected chi connectivity index (χ3v) is 4.58. The Morgan fingerprint density at radius 2 is 1.66 bits per heavy atom. The fraction of sp³-hybridized carbons (Fsp3) is 0.208. The average molecular weight is 389 g/mol. The fourth-order valence-corrected chi connectivity index (χ4v) is 3.01. The van der Waals surface area contributed by atoms with Gasteiger partial charge in [-0.25, -0.2) is 0 Å². The van der Waals surface area contributed by atoms with Crippen molar-refractivity contribution < 1.29 is 19.0 Å². The molecule has 1 aliphatic rings. The van der Waals surface area contributed by atoms with E-state index in [4.69, 9.17) is 19.0 Å². The number of rotatable bonds is 7. The molecular weight excluding hydrogens is 366 g/mol. The summed E-state index contributed by atoms with van der Waals surface area (Å²) in [4.78, 5) is 5.63. The van der Waals surface area contributed by atoms with E-state index in [0.29, 0.717) is 31.3 Å². The SMILES string of the molecule is Cc1ccccc1OC/C(=N\OCc1ccccc1)c1ccc2c(c1)OCCO2. The van der Waals surface area contributed by atoms with Gasteiger partial charge in [-0.15, -0.1) is 0 Å². The van der Waals surface area contributed by atoms with Crippen molar-refractivity contribution in [2.75, 3.05) is 19.8 Å². The van der Waals surface area contributed by atoms with Crippen LogP contribution >= 0.6 is 0 Å². The van der Waals surface area contributed by atoms with E-state index in [1.54, 1.807) is 0 Å². The van der Waals surface area contributed by atoms with Crippen LogP contribution < -0.4 is 14.2 Å². The van der Waals surface area contributed by atoms with Crippen LogP contribution in [0.4, 0.5) is 0 Å². The predicted molar refractivity (Wildman–Crippen MR) is 112 cm³/mol. The van der Waals surface area contributed by atoms with Gasteiger partial charge in [-0.1, -0.05) is 53.7 Å². The van der Waals surface area contributed by atoms with Gasteiger partial charge in [0.25, 0.3) is 0 Å². The van der Waals surface area contributed by atoms with Gasteiger partial charge in [0.05, 0.1) is 0 Å². The second-order valence-corrected chi connectivity index (χ2v) is 6.71. The van der Waals surface area contributed by atoms with E-state index in [2.05, 4.69) is 5.16 Å². The molecule has 0 radical (unpaired) electrons. The third-order valence-electron chi connectivity index (χ3n) is 4.58. The first-order valence-corrected chi connectivity index (χ1v) is 9.61. The molecule has 0 N–H and O–H groups in total. The molecule has 0 saturated heterocycles. The number of hydrogen-bond donors (Lipinski definition) is 0. The lowest BCUT2D eigenvalue weighted by Gasteiger charge is -2.19. The van der Waals surface area contributed by atoms with Crippen molar-refractivity contribution in [2.45, 2.75) is 13.5 Å². The van der Waals surface area contributed by atoms with E-state index < -0.39 is 0 Å². The van der Waals surface area contributed by atoms with Gasteiger partial charge in [0.1, 0.15) is 37.9 Å². The van der Waals surface area contributed by atoms with Crippen molar-refractivity contribution >= 4 is 5.71 Å². The van der Waals surface area contributed by atoms with Gasteiger partial charge in [-0.3, -0.25) is 0 Å². The highest BCUT2D eigenvalue weighted by molar-refractivity contribution is 6.02. The molecule has 5 nitrogen and oxygen atoms in total. The van der Waals surface area contributed by atoms with Gasteiger partial charge >= 0.3 is 0 Å². The van der Waals surface area contributed by atoms with Crippen molar-refractivity contribution in [3.05, 3.63) is 89.5 Å². The molecular formula is C24H23NO4. The van der Waals surface area contributed by atoms with Gasteiger partial charge in [-0.05, 0) is 42.3 Å². The Balaban J connectivity index is 1.54. The predicted octanol–water partition coefficient (Wildman–Crippen LogP) is 4.77. The summed E-state index contributed by atoms with van der Waals surface area (Å²) in [7, 11) is 0. The lowest BCUT2D eigenvalue weighted by atomic mass is 10.1. The van der Waals surface area contributed by atoms with Crippen molar-refractivity contribution in [2.24, 2.45) is 5.16 Å². The average Bonchev–Trinajstić information content (AvgIpc) is 2.77. The van der Waals surface area contributed by atoms with Crippen LogP contribution in [0, 0.1) is 6.92 Å². The van der Waals surface area contributed by atoms with Crippen LogP contribution in [0.1, 0.15) is 16.7 Å². The molecule has 1 aliphatic heterocycles. The van der Waals surface area contributed by atoms with Gasteiger partial charge in [0, 0.05) is 5.56 Å². The zero-order chi connectivity index (χ0) is 19.9. The monoisotopic (exact) mass is 389 g/mol. The van der Waals surface area contributed by atoms with Crippen LogP contribution in [-0.4, -0.2) is 25.5 Å². The lowest BCUT2D eigenvalue weighted by Crippen LogP contribution is -2.18. The van der Waals surface area contributed by atoms with Crippen molar-refractivity contribution in [1.29, 1.82) is 0 Å². The number of fused-ring (bicyclic) bond motifs is 1. The maximum atomic E-state index is 6.02. The smallest absolute Gasteiger partial charge is 0.162 e. The topological polar surface area (TPSA) is 49.3 Å². The molecule has 0 bridgehead atoms. The summed E-state index contributed by atoms with van der Waals surface area (Å²) in [6.45, 7) is 3.78. The molecule has 0 saturated carbocycles. The van der Waals surface area contributed by atoms with Crippen LogP contribution in [0.25, 0.3) is 0 Å². The summed E-state index contributed by atoms with van der Waals surface area (Å²) < 4.78 is 17.3. The van der Waals surface area contributed by atoms with E-state index in [1.165, 1.54) is 0 Å². The van der Waals surface area contributed by atoms with E-state index in [-0.39, 0.29) is 6.61 Å². The number of aryl methyl sites for hydroxylation is 1. The number of benzene rings is 3. The maximum absolute atomic E-state index is 6.02. The molecule has 0 unspecified atom stereocenters. The highest BCUT2D eigenvalue weighted by Gasteiger charge is 2.15. The highest BCUT2D eigenvalue weighted by Crippen LogP contribution is 2.31. The summed E-state index contributed by atoms with van der Waals surface area (Å²) >= 11 is 0.